The zero-order valence-electron chi connectivity index (χ0n) is 11.8. The van der Waals surface area contributed by atoms with Crippen LogP contribution in [0.25, 0.3) is 0 Å². The average Bonchev–Trinajstić information content (AvgIpc) is 3.18. The van der Waals surface area contributed by atoms with Crippen LogP contribution in [-0.2, 0) is 17.6 Å². The molecule has 2 atom stereocenters. The van der Waals surface area contributed by atoms with Crippen LogP contribution in [-0.4, -0.2) is 35.6 Å². The van der Waals surface area contributed by atoms with Gasteiger partial charge in [0.25, 0.3) is 0 Å². The molecule has 1 saturated carbocycles. The van der Waals surface area contributed by atoms with Crippen LogP contribution in [0.4, 0.5) is 0 Å². The lowest BCUT2D eigenvalue weighted by atomic mass is 10.1. The molecule has 0 amide bonds. The van der Waals surface area contributed by atoms with Crippen LogP contribution in [0.1, 0.15) is 30.9 Å². The predicted molar refractivity (Wildman–Crippen MR) is 76.3 cm³/mol. The Hall–Kier alpha value is -1.35. The van der Waals surface area contributed by atoms with Crippen LogP contribution in [0.15, 0.2) is 24.3 Å². The Morgan fingerprint density at radius 2 is 1.84 bits per heavy atom. The first-order valence-corrected chi connectivity index (χ1v) is 7.12. The topological polar surface area (TPSA) is 40.5 Å². The average molecular weight is 261 g/mol. The van der Waals surface area contributed by atoms with Gasteiger partial charge in [-0.3, -0.25) is 4.79 Å². The molecule has 0 spiro atoms. The molecule has 0 heterocycles. The van der Waals surface area contributed by atoms with Gasteiger partial charge in [-0.15, -0.1) is 0 Å². The standard InChI is InChI=1S/C16H23NO2/c1-3-4-12-5-7-13(8-6-12)9-10-17(2)15-11-14(15)16(18)19/h5-8,14-15H,3-4,9-11H2,1-2H3,(H,18,19). The van der Waals surface area contributed by atoms with E-state index in [1.807, 2.05) is 7.05 Å². The third-order valence-corrected chi connectivity index (χ3v) is 3.95. The van der Waals surface area contributed by atoms with E-state index in [9.17, 15) is 4.79 Å². The number of hydrogen-bond acceptors (Lipinski definition) is 2. The third kappa shape index (κ3) is 3.80. The summed E-state index contributed by atoms with van der Waals surface area (Å²) in [5.74, 6) is -0.794. The van der Waals surface area contributed by atoms with Gasteiger partial charge in [0.2, 0.25) is 0 Å². The van der Waals surface area contributed by atoms with E-state index in [4.69, 9.17) is 5.11 Å². The first-order valence-electron chi connectivity index (χ1n) is 7.12. The second-order valence-corrected chi connectivity index (χ2v) is 5.54. The van der Waals surface area contributed by atoms with Crippen molar-refractivity contribution in [1.29, 1.82) is 0 Å². The zero-order valence-corrected chi connectivity index (χ0v) is 11.8. The predicted octanol–water partition coefficient (Wildman–Crippen LogP) is 2.59. The summed E-state index contributed by atoms with van der Waals surface area (Å²) >= 11 is 0. The van der Waals surface area contributed by atoms with Crippen molar-refractivity contribution in [2.75, 3.05) is 13.6 Å². The number of rotatable bonds is 7. The van der Waals surface area contributed by atoms with Gasteiger partial charge in [-0.05, 0) is 37.4 Å². The number of carboxylic acids is 1. The Bertz CT molecular complexity index is 427. The summed E-state index contributed by atoms with van der Waals surface area (Å²) in [5.41, 5.74) is 2.73. The minimum atomic E-state index is -0.652. The maximum Gasteiger partial charge on any atom is 0.308 e. The van der Waals surface area contributed by atoms with Crippen LogP contribution in [0, 0.1) is 5.92 Å². The molecule has 0 aliphatic heterocycles. The molecular weight excluding hydrogens is 238 g/mol. The van der Waals surface area contributed by atoms with Gasteiger partial charge in [0.15, 0.2) is 0 Å². The number of hydrogen-bond donors (Lipinski definition) is 1. The zero-order chi connectivity index (χ0) is 13.8. The first-order chi connectivity index (χ1) is 9.11. The highest BCUT2D eigenvalue weighted by molar-refractivity contribution is 5.74. The van der Waals surface area contributed by atoms with E-state index in [1.165, 1.54) is 17.5 Å². The van der Waals surface area contributed by atoms with Crippen molar-refractivity contribution in [1.82, 2.24) is 4.90 Å². The van der Waals surface area contributed by atoms with Crippen LogP contribution < -0.4 is 0 Å². The summed E-state index contributed by atoms with van der Waals surface area (Å²) in [5, 5.41) is 8.91. The smallest absolute Gasteiger partial charge is 0.308 e. The summed E-state index contributed by atoms with van der Waals surface area (Å²) < 4.78 is 0. The molecule has 3 heteroatoms. The fourth-order valence-corrected chi connectivity index (χ4v) is 2.57. The second-order valence-electron chi connectivity index (χ2n) is 5.54. The normalized spacial score (nSPS) is 21.6. The molecule has 1 aromatic carbocycles. The largest absolute Gasteiger partial charge is 0.481 e. The molecule has 1 aliphatic rings. The van der Waals surface area contributed by atoms with Gasteiger partial charge in [0.1, 0.15) is 0 Å². The molecule has 1 fully saturated rings. The van der Waals surface area contributed by atoms with Gasteiger partial charge in [0.05, 0.1) is 5.92 Å². The molecule has 2 unspecified atom stereocenters. The number of carboxylic acid groups (broad SMARTS) is 1. The number of likely N-dealkylation sites (N-methyl/N-ethyl adjacent to an activating group) is 1. The highest BCUT2D eigenvalue weighted by atomic mass is 16.4. The lowest BCUT2D eigenvalue weighted by molar-refractivity contribution is -0.138. The van der Waals surface area contributed by atoms with Gasteiger partial charge in [0, 0.05) is 12.6 Å². The summed E-state index contributed by atoms with van der Waals surface area (Å²) in [6.45, 7) is 3.12. The van der Waals surface area contributed by atoms with Gasteiger partial charge >= 0.3 is 5.97 Å². The van der Waals surface area contributed by atoms with E-state index < -0.39 is 5.97 Å². The monoisotopic (exact) mass is 261 g/mol. The summed E-state index contributed by atoms with van der Waals surface area (Å²) in [7, 11) is 2.03. The van der Waals surface area contributed by atoms with Crippen molar-refractivity contribution in [2.45, 2.75) is 38.6 Å². The molecule has 3 nitrogen and oxygen atoms in total. The lowest BCUT2D eigenvalue weighted by Crippen LogP contribution is -2.26. The molecule has 1 aromatic rings. The molecular formula is C16H23NO2. The van der Waals surface area contributed by atoms with E-state index >= 15 is 0 Å². The van der Waals surface area contributed by atoms with Gasteiger partial charge in [-0.25, -0.2) is 0 Å². The van der Waals surface area contributed by atoms with Crippen molar-refractivity contribution < 1.29 is 9.90 Å². The maximum absolute atomic E-state index is 10.8. The fourth-order valence-electron chi connectivity index (χ4n) is 2.57. The van der Waals surface area contributed by atoms with E-state index in [0.29, 0.717) is 0 Å². The first kappa shape index (κ1) is 14.1. The number of aliphatic carboxylic acids is 1. The Kier molecular flexibility index (Phi) is 4.59. The Morgan fingerprint density at radius 1 is 1.26 bits per heavy atom. The molecule has 0 radical (unpaired) electrons. The summed E-state index contributed by atoms with van der Waals surface area (Å²) in [6.07, 6.45) is 4.12. The number of benzene rings is 1. The third-order valence-electron chi connectivity index (χ3n) is 3.95. The lowest BCUT2D eigenvalue weighted by Gasteiger charge is -2.16. The van der Waals surface area contributed by atoms with E-state index in [-0.39, 0.29) is 12.0 Å². The van der Waals surface area contributed by atoms with Gasteiger partial charge in [-0.1, -0.05) is 37.6 Å². The Balaban J connectivity index is 1.77. The van der Waals surface area contributed by atoms with Gasteiger partial charge < -0.3 is 10.0 Å². The quantitative estimate of drug-likeness (QED) is 0.820. The summed E-state index contributed by atoms with van der Waals surface area (Å²) in [4.78, 5) is 13.0. The van der Waals surface area contributed by atoms with Crippen molar-refractivity contribution in [3.8, 4) is 0 Å². The van der Waals surface area contributed by atoms with Gasteiger partial charge in [-0.2, -0.15) is 0 Å². The van der Waals surface area contributed by atoms with Crippen molar-refractivity contribution >= 4 is 5.97 Å². The highest BCUT2D eigenvalue weighted by Crippen LogP contribution is 2.34. The summed E-state index contributed by atoms with van der Waals surface area (Å²) in [6, 6.07) is 9.05. The number of aryl methyl sites for hydroxylation is 1. The minimum absolute atomic E-state index is 0.142. The highest BCUT2D eigenvalue weighted by Gasteiger charge is 2.45. The maximum atomic E-state index is 10.8. The molecule has 0 bridgehead atoms. The molecule has 0 aromatic heterocycles. The van der Waals surface area contributed by atoms with Crippen molar-refractivity contribution in [3.63, 3.8) is 0 Å². The van der Waals surface area contributed by atoms with Crippen LogP contribution >= 0.6 is 0 Å². The van der Waals surface area contributed by atoms with E-state index in [0.717, 1.165) is 25.8 Å². The van der Waals surface area contributed by atoms with E-state index in [1.54, 1.807) is 0 Å². The van der Waals surface area contributed by atoms with Crippen LogP contribution in [0.2, 0.25) is 0 Å². The SMILES string of the molecule is CCCc1ccc(CCN(C)C2CC2C(=O)O)cc1. The molecule has 2 rings (SSSR count). The van der Waals surface area contributed by atoms with E-state index in [2.05, 4.69) is 36.1 Å². The molecule has 0 saturated heterocycles. The Labute approximate surface area is 115 Å². The molecule has 1 N–H and O–H groups in total. The molecule has 104 valence electrons. The van der Waals surface area contributed by atoms with Crippen LogP contribution in [0.5, 0.6) is 0 Å². The van der Waals surface area contributed by atoms with Crippen molar-refractivity contribution in [3.05, 3.63) is 35.4 Å². The van der Waals surface area contributed by atoms with Crippen molar-refractivity contribution in [2.24, 2.45) is 5.92 Å². The molecule has 1 aliphatic carbocycles. The minimum Gasteiger partial charge on any atom is -0.481 e. The number of carbonyl (C=O) groups is 1. The number of nitrogens with zero attached hydrogens (tertiary/aromatic N) is 1. The van der Waals surface area contributed by atoms with Crippen LogP contribution in [0.3, 0.4) is 0 Å². The Morgan fingerprint density at radius 3 is 2.32 bits per heavy atom. The fraction of sp³-hybridized carbons (Fsp3) is 0.562. The second kappa shape index (κ2) is 6.20. The molecule has 19 heavy (non-hydrogen) atoms.